The Balaban J connectivity index is 1.94. The van der Waals surface area contributed by atoms with Gasteiger partial charge in [0.1, 0.15) is 6.10 Å². The zero-order chi connectivity index (χ0) is 15.4. The van der Waals surface area contributed by atoms with Crippen molar-refractivity contribution in [2.75, 3.05) is 5.32 Å². The van der Waals surface area contributed by atoms with Gasteiger partial charge in [-0.1, -0.05) is 38.8 Å². The Morgan fingerprint density at radius 1 is 1.29 bits per heavy atom. The number of ether oxygens (including phenoxy) is 1. The van der Waals surface area contributed by atoms with Crippen LogP contribution in [0.1, 0.15) is 40.0 Å². The van der Waals surface area contributed by atoms with Gasteiger partial charge in [-0.3, -0.25) is 5.32 Å². The van der Waals surface area contributed by atoms with Gasteiger partial charge in [0, 0.05) is 10.7 Å². The molecule has 0 radical (unpaired) electrons. The molecular formula is C17H24ClNO2. The molecule has 2 rings (SSSR count). The number of rotatable bonds is 3. The Hall–Kier alpha value is -1.22. The lowest BCUT2D eigenvalue weighted by atomic mass is 9.75. The first kappa shape index (κ1) is 16.2. The lowest BCUT2D eigenvalue weighted by Gasteiger charge is -2.36. The average Bonchev–Trinajstić information content (AvgIpc) is 2.41. The third-order valence-electron chi connectivity index (χ3n) is 4.31. The number of anilines is 1. The largest absolute Gasteiger partial charge is 0.446 e. The monoisotopic (exact) mass is 309 g/mol. The van der Waals surface area contributed by atoms with Crippen LogP contribution >= 0.6 is 11.6 Å². The summed E-state index contributed by atoms with van der Waals surface area (Å²) < 4.78 is 5.69. The van der Waals surface area contributed by atoms with Crippen molar-refractivity contribution in [2.24, 2.45) is 17.8 Å². The first-order valence-corrected chi connectivity index (χ1v) is 8.06. The summed E-state index contributed by atoms with van der Waals surface area (Å²) in [6, 6.07) is 7.04. The Bertz CT molecular complexity index is 472. The summed E-state index contributed by atoms with van der Waals surface area (Å²) >= 11 is 5.83. The number of carbonyl (C=O) groups is 1. The fraction of sp³-hybridized carbons (Fsp3) is 0.588. The van der Waals surface area contributed by atoms with Gasteiger partial charge in [-0.25, -0.2) is 4.79 Å². The molecule has 1 saturated carbocycles. The molecule has 0 spiro atoms. The van der Waals surface area contributed by atoms with E-state index in [-0.39, 0.29) is 12.2 Å². The van der Waals surface area contributed by atoms with Crippen molar-refractivity contribution < 1.29 is 9.53 Å². The normalized spacial score (nSPS) is 25.7. The van der Waals surface area contributed by atoms with Crippen LogP contribution < -0.4 is 5.32 Å². The fourth-order valence-corrected chi connectivity index (χ4v) is 3.19. The van der Waals surface area contributed by atoms with Crippen molar-refractivity contribution in [1.82, 2.24) is 0 Å². The second-order valence-electron chi connectivity index (χ2n) is 6.40. The molecule has 4 heteroatoms. The van der Waals surface area contributed by atoms with E-state index in [1.807, 2.05) is 0 Å². The smallest absolute Gasteiger partial charge is 0.411 e. The second kappa shape index (κ2) is 7.17. The molecule has 0 bridgehead atoms. The van der Waals surface area contributed by atoms with Gasteiger partial charge in [-0.2, -0.15) is 0 Å². The van der Waals surface area contributed by atoms with Gasteiger partial charge in [0.05, 0.1) is 0 Å². The predicted octanol–water partition coefficient (Wildman–Crippen LogP) is 5.35. The summed E-state index contributed by atoms with van der Waals surface area (Å²) in [4.78, 5) is 12.1. The van der Waals surface area contributed by atoms with Crippen LogP contribution in [0.25, 0.3) is 0 Å². The highest BCUT2D eigenvalue weighted by Gasteiger charge is 2.33. The first-order chi connectivity index (χ1) is 9.95. The topological polar surface area (TPSA) is 38.3 Å². The highest BCUT2D eigenvalue weighted by Crippen LogP contribution is 2.35. The van der Waals surface area contributed by atoms with Crippen LogP contribution in [-0.4, -0.2) is 12.2 Å². The summed E-state index contributed by atoms with van der Waals surface area (Å²) in [5.74, 6) is 1.61. The molecule has 116 valence electrons. The standard InChI is InChI=1S/C17H24ClNO2/c1-11(2)15-9-4-12(3)10-16(15)21-17(20)19-14-7-5-13(18)6-8-14/h5-8,11-12,15-16H,4,9-10H2,1-3H3,(H,19,20)/t12-,15+,16-/m1/s1. The van der Waals surface area contributed by atoms with Crippen molar-refractivity contribution in [3.63, 3.8) is 0 Å². The van der Waals surface area contributed by atoms with E-state index in [1.54, 1.807) is 24.3 Å². The number of hydrogen-bond acceptors (Lipinski definition) is 2. The van der Waals surface area contributed by atoms with E-state index < -0.39 is 0 Å². The summed E-state index contributed by atoms with van der Waals surface area (Å²) in [6.45, 7) is 6.63. The van der Waals surface area contributed by atoms with Crippen molar-refractivity contribution >= 4 is 23.4 Å². The maximum Gasteiger partial charge on any atom is 0.411 e. The molecule has 21 heavy (non-hydrogen) atoms. The third kappa shape index (κ3) is 4.63. The first-order valence-electron chi connectivity index (χ1n) is 7.69. The zero-order valence-corrected chi connectivity index (χ0v) is 13.7. The van der Waals surface area contributed by atoms with Crippen LogP contribution in [0.5, 0.6) is 0 Å². The molecule has 0 heterocycles. The molecule has 0 unspecified atom stereocenters. The summed E-state index contributed by atoms with van der Waals surface area (Å²) in [7, 11) is 0. The number of halogens is 1. The van der Waals surface area contributed by atoms with Crippen LogP contribution in [0.2, 0.25) is 5.02 Å². The van der Waals surface area contributed by atoms with Gasteiger partial charge < -0.3 is 4.74 Å². The van der Waals surface area contributed by atoms with E-state index in [0.29, 0.717) is 28.5 Å². The van der Waals surface area contributed by atoms with Crippen molar-refractivity contribution in [1.29, 1.82) is 0 Å². The van der Waals surface area contributed by atoms with Gasteiger partial charge in [0.25, 0.3) is 0 Å². The number of nitrogens with one attached hydrogen (secondary N) is 1. The van der Waals surface area contributed by atoms with E-state index in [2.05, 4.69) is 26.1 Å². The summed E-state index contributed by atoms with van der Waals surface area (Å²) in [6.07, 6.45) is 2.96. The predicted molar refractivity (Wildman–Crippen MR) is 86.7 cm³/mol. The molecule has 1 aromatic carbocycles. The van der Waals surface area contributed by atoms with Crippen LogP contribution in [0.15, 0.2) is 24.3 Å². The van der Waals surface area contributed by atoms with Crippen LogP contribution in [-0.2, 0) is 4.74 Å². The number of hydrogen-bond donors (Lipinski definition) is 1. The van der Waals surface area contributed by atoms with Crippen LogP contribution in [0.3, 0.4) is 0 Å². The highest BCUT2D eigenvalue weighted by atomic mass is 35.5. The quantitative estimate of drug-likeness (QED) is 0.817. The minimum atomic E-state index is -0.373. The molecule has 1 N–H and O–H groups in total. The van der Waals surface area contributed by atoms with E-state index >= 15 is 0 Å². The molecule has 1 amide bonds. The number of amides is 1. The van der Waals surface area contributed by atoms with Gasteiger partial charge in [0.2, 0.25) is 0 Å². The molecule has 0 saturated heterocycles. The lowest BCUT2D eigenvalue weighted by molar-refractivity contribution is 0.0126. The maximum atomic E-state index is 12.1. The third-order valence-corrected chi connectivity index (χ3v) is 4.56. The summed E-state index contributed by atoms with van der Waals surface area (Å²) in [5, 5.41) is 3.42. The fourth-order valence-electron chi connectivity index (χ4n) is 3.07. The number of carbonyl (C=O) groups excluding carboxylic acids is 1. The van der Waals surface area contributed by atoms with Gasteiger partial charge >= 0.3 is 6.09 Å². The van der Waals surface area contributed by atoms with Gasteiger partial charge in [0.15, 0.2) is 0 Å². The molecule has 0 aromatic heterocycles. The highest BCUT2D eigenvalue weighted by molar-refractivity contribution is 6.30. The van der Waals surface area contributed by atoms with Crippen LogP contribution in [0.4, 0.5) is 10.5 Å². The summed E-state index contributed by atoms with van der Waals surface area (Å²) in [5.41, 5.74) is 0.703. The molecule has 3 nitrogen and oxygen atoms in total. The lowest BCUT2D eigenvalue weighted by Crippen LogP contribution is -2.36. The van der Waals surface area contributed by atoms with Crippen LogP contribution in [0, 0.1) is 17.8 Å². The average molecular weight is 310 g/mol. The van der Waals surface area contributed by atoms with E-state index in [9.17, 15) is 4.79 Å². The van der Waals surface area contributed by atoms with Crippen molar-refractivity contribution in [3.8, 4) is 0 Å². The van der Waals surface area contributed by atoms with Gasteiger partial charge in [-0.05, 0) is 54.9 Å². The molecule has 3 atom stereocenters. The maximum absolute atomic E-state index is 12.1. The Labute approximate surface area is 132 Å². The Morgan fingerprint density at radius 2 is 1.95 bits per heavy atom. The SMILES string of the molecule is CC(C)[C@@H]1CC[C@@H](C)C[C@H]1OC(=O)Nc1ccc(Cl)cc1. The molecule has 1 fully saturated rings. The molecule has 1 aliphatic carbocycles. The van der Waals surface area contributed by atoms with E-state index in [4.69, 9.17) is 16.3 Å². The zero-order valence-electron chi connectivity index (χ0n) is 12.9. The number of benzene rings is 1. The molecule has 1 aromatic rings. The minimum Gasteiger partial charge on any atom is -0.446 e. The Morgan fingerprint density at radius 3 is 2.57 bits per heavy atom. The van der Waals surface area contributed by atoms with Crippen molar-refractivity contribution in [2.45, 2.75) is 46.1 Å². The second-order valence-corrected chi connectivity index (χ2v) is 6.84. The van der Waals surface area contributed by atoms with E-state index in [1.165, 1.54) is 6.42 Å². The molecule has 1 aliphatic rings. The molecular weight excluding hydrogens is 286 g/mol. The van der Waals surface area contributed by atoms with Crippen molar-refractivity contribution in [3.05, 3.63) is 29.3 Å². The Kier molecular flexibility index (Phi) is 5.51. The van der Waals surface area contributed by atoms with Gasteiger partial charge in [-0.15, -0.1) is 0 Å². The molecule has 0 aliphatic heterocycles. The minimum absolute atomic E-state index is 0.0149. The van der Waals surface area contributed by atoms with E-state index in [0.717, 1.165) is 12.8 Å².